The first-order valence-electron chi connectivity index (χ1n) is 11.9. The molecule has 1 fully saturated rings. The van der Waals surface area contributed by atoms with Crippen molar-refractivity contribution in [3.8, 4) is 11.5 Å². The number of halogens is 1. The molecule has 7 heteroatoms. The molecule has 35 heavy (non-hydrogen) atoms. The van der Waals surface area contributed by atoms with Crippen molar-refractivity contribution < 1.29 is 18.7 Å². The molecular formula is C28H28FN3O3. The maximum Gasteiger partial charge on any atom is 0.227 e. The fraction of sp³-hybridized carbons (Fsp3) is 0.286. The van der Waals surface area contributed by atoms with Crippen LogP contribution in [-0.2, 0) is 11.3 Å². The average molecular weight is 474 g/mol. The lowest BCUT2D eigenvalue weighted by Gasteiger charge is -2.17. The molecule has 0 bridgehead atoms. The normalized spacial score (nSPS) is 15.7. The van der Waals surface area contributed by atoms with E-state index in [4.69, 9.17) is 14.5 Å². The largest absolute Gasteiger partial charge is 0.497 e. The van der Waals surface area contributed by atoms with Gasteiger partial charge in [0, 0.05) is 31.1 Å². The second-order valence-corrected chi connectivity index (χ2v) is 8.73. The minimum Gasteiger partial charge on any atom is -0.497 e. The number of methoxy groups -OCH3 is 1. The number of carbonyl (C=O) groups excluding carboxylic acids is 1. The Morgan fingerprint density at radius 2 is 1.80 bits per heavy atom. The summed E-state index contributed by atoms with van der Waals surface area (Å²) in [4.78, 5) is 19.4. The Morgan fingerprint density at radius 3 is 2.60 bits per heavy atom. The number of para-hydroxylation sites is 2. The minimum atomic E-state index is -0.345. The quantitative estimate of drug-likeness (QED) is 0.299. The summed E-state index contributed by atoms with van der Waals surface area (Å²) < 4.78 is 27.0. The molecule has 1 amide bonds. The van der Waals surface area contributed by atoms with Gasteiger partial charge in [0.05, 0.1) is 24.8 Å². The number of aryl methyl sites for hydroxylation is 1. The van der Waals surface area contributed by atoms with Crippen molar-refractivity contribution in [2.75, 3.05) is 25.2 Å². The Hall–Kier alpha value is -3.87. The van der Waals surface area contributed by atoms with Crippen molar-refractivity contribution >= 4 is 22.6 Å². The monoisotopic (exact) mass is 473 g/mol. The maximum atomic E-state index is 13.7. The van der Waals surface area contributed by atoms with Gasteiger partial charge in [-0.2, -0.15) is 0 Å². The molecule has 0 radical (unpaired) electrons. The van der Waals surface area contributed by atoms with Crippen LogP contribution in [0.3, 0.4) is 0 Å². The van der Waals surface area contributed by atoms with Crippen molar-refractivity contribution in [1.82, 2.24) is 9.55 Å². The van der Waals surface area contributed by atoms with Crippen molar-refractivity contribution in [1.29, 1.82) is 0 Å². The minimum absolute atomic E-state index is 0.00732. The first-order valence-corrected chi connectivity index (χ1v) is 11.9. The number of hydrogen-bond donors (Lipinski definition) is 0. The number of fused-ring (bicyclic) bond motifs is 1. The summed E-state index contributed by atoms with van der Waals surface area (Å²) in [6.07, 6.45) is 2.16. The highest BCUT2D eigenvalue weighted by Gasteiger charge is 2.34. The Kier molecular flexibility index (Phi) is 6.66. The van der Waals surface area contributed by atoms with Crippen LogP contribution in [0.4, 0.5) is 10.1 Å². The lowest BCUT2D eigenvalue weighted by molar-refractivity contribution is -0.117. The molecule has 4 aromatic rings. The predicted molar refractivity (Wildman–Crippen MR) is 134 cm³/mol. The first kappa shape index (κ1) is 22.9. The van der Waals surface area contributed by atoms with Crippen LogP contribution in [-0.4, -0.2) is 35.7 Å². The smallest absolute Gasteiger partial charge is 0.227 e. The second kappa shape index (κ2) is 10.2. The summed E-state index contributed by atoms with van der Waals surface area (Å²) >= 11 is 0. The average Bonchev–Trinajstić information content (AvgIpc) is 3.44. The molecule has 0 spiro atoms. The lowest BCUT2D eigenvalue weighted by atomic mass is 10.1. The number of benzene rings is 3. The van der Waals surface area contributed by atoms with Crippen LogP contribution in [0.25, 0.3) is 11.0 Å². The highest BCUT2D eigenvalue weighted by Crippen LogP contribution is 2.33. The van der Waals surface area contributed by atoms with Gasteiger partial charge < -0.3 is 18.9 Å². The molecule has 2 heterocycles. The van der Waals surface area contributed by atoms with Crippen molar-refractivity contribution in [3.05, 3.63) is 84.4 Å². The summed E-state index contributed by atoms with van der Waals surface area (Å²) in [6, 6.07) is 21.8. The Morgan fingerprint density at radius 1 is 1.00 bits per heavy atom. The van der Waals surface area contributed by atoms with Gasteiger partial charge in [0.1, 0.15) is 23.1 Å². The van der Waals surface area contributed by atoms with E-state index in [1.807, 2.05) is 42.5 Å². The lowest BCUT2D eigenvalue weighted by Crippen LogP contribution is -2.24. The number of nitrogens with zero attached hydrogens (tertiary/aromatic N) is 3. The van der Waals surface area contributed by atoms with Crippen LogP contribution >= 0.6 is 0 Å². The van der Waals surface area contributed by atoms with Crippen LogP contribution < -0.4 is 14.4 Å². The van der Waals surface area contributed by atoms with Crippen LogP contribution in [0, 0.1) is 5.82 Å². The molecule has 1 unspecified atom stereocenters. The predicted octanol–water partition coefficient (Wildman–Crippen LogP) is 5.56. The van der Waals surface area contributed by atoms with Gasteiger partial charge in [-0.1, -0.05) is 18.2 Å². The van der Waals surface area contributed by atoms with Crippen LogP contribution in [0.2, 0.25) is 0 Å². The number of rotatable bonds is 9. The molecule has 1 atom stereocenters. The van der Waals surface area contributed by atoms with Crippen LogP contribution in [0.15, 0.2) is 72.8 Å². The van der Waals surface area contributed by atoms with E-state index in [0.29, 0.717) is 25.3 Å². The summed E-state index contributed by atoms with van der Waals surface area (Å²) in [5.74, 6) is 2.14. The SMILES string of the molecule is COc1ccc(OCCCCn2c(C3CC(=O)N(c4cccc(F)c4)C3)nc3ccccc32)cc1. The van der Waals surface area contributed by atoms with Gasteiger partial charge in [0.2, 0.25) is 5.91 Å². The van der Waals surface area contributed by atoms with E-state index in [1.54, 1.807) is 24.1 Å². The van der Waals surface area contributed by atoms with Gasteiger partial charge in [0.25, 0.3) is 0 Å². The standard InChI is InChI=1S/C28H28FN3O3/c1-34-23-11-13-24(14-12-23)35-16-5-4-15-31-26-10-3-2-9-25(26)30-28(31)20-17-27(33)32(19-20)22-8-6-7-21(29)18-22/h2-3,6-14,18,20H,4-5,15-17,19H2,1H3. The number of imidazole rings is 1. The molecule has 6 nitrogen and oxygen atoms in total. The molecule has 1 aliphatic rings. The summed E-state index contributed by atoms with van der Waals surface area (Å²) in [6.45, 7) is 1.89. The van der Waals surface area contributed by atoms with E-state index >= 15 is 0 Å². The number of carbonyl (C=O) groups is 1. The maximum absolute atomic E-state index is 13.7. The number of anilines is 1. The number of amides is 1. The first-order chi connectivity index (χ1) is 17.1. The topological polar surface area (TPSA) is 56.6 Å². The zero-order valence-electron chi connectivity index (χ0n) is 19.7. The van der Waals surface area contributed by atoms with E-state index in [9.17, 15) is 9.18 Å². The van der Waals surface area contributed by atoms with Crippen LogP contribution in [0.1, 0.15) is 31.0 Å². The molecule has 1 aromatic heterocycles. The van der Waals surface area contributed by atoms with E-state index in [0.717, 1.165) is 47.7 Å². The van der Waals surface area contributed by atoms with Gasteiger partial charge in [-0.15, -0.1) is 0 Å². The molecule has 5 rings (SSSR count). The molecule has 3 aromatic carbocycles. The second-order valence-electron chi connectivity index (χ2n) is 8.73. The third-order valence-corrected chi connectivity index (χ3v) is 6.40. The Balaban J connectivity index is 1.27. The molecular weight excluding hydrogens is 445 g/mol. The molecule has 0 saturated carbocycles. The Labute approximate surface area is 203 Å². The highest BCUT2D eigenvalue weighted by atomic mass is 19.1. The highest BCUT2D eigenvalue weighted by molar-refractivity contribution is 5.96. The van der Waals surface area contributed by atoms with Gasteiger partial charge in [-0.25, -0.2) is 9.37 Å². The Bertz CT molecular complexity index is 1320. The zero-order chi connectivity index (χ0) is 24.2. The van der Waals surface area contributed by atoms with Crippen molar-refractivity contribution in [2.45, 2.75) is 31.7 Å². The third-order valence-electron chi connectivity index (χ3n) is 6.40. The van der Waals surface area contributed by atoms with E-state index in [1.165, 1.54) is 12.1 Å². The van der Waals surface area contributed by atoms with Crippen molar-refractivity contribution in [2.24, 2.45) is 0 Å². The number of hydrogen-bond acceptors (Lipinski definition) is 4. The summed E-state index contributed by atoms with van der Waals surface area (Å²) in [5, 5.41) is 0. The zero-order valence-corrected chi connectivity index (χ0v) is 19.7. The molecule has 180 valence electrons. The molecule has 1 saturated heterocycles. The third kappa shape index (κ3) is 4.99. The molecule has 0 N–H and O–H groups in total. The molecule has 1 aliphatic heterocycles. The van der Waals surface area contributed by atoms with Gasteiger partial charge >= 0.3 is 0 Å². The summed E-state index contributed by atoms with van der Waals surface area (Å²) in [5.41, 5.74) is 2.58. The van der Waals surface area contributed by atoms with Crippen molar-refractivity contribution in [3.63, 3.8) is 0 Å². The summed E-state index contributed by atoms with van der Waals surface area (Å²) in [7, 11) is 1.64. The fourth-order valence-corrected chi connectivity index (χ4v) is 4.65. The van der Waals surface area contributed by atoms with E-state index < -0.39 is 0 Å². The number of aromatic nitrogens is 2. The van der Waals surface area contributed by atoms with E-state index in [-0.39, 0.29) is 17.6 Å². The number of ether oxygens (including phenoxy) is 2. The molecule has 0 aliphatic carbocycles. The van der Waals surface area contributed by atoms with E-state index in [2.05, 4.69) is 10.6 Å². The number of unbranched alkanes of at least 4 members (excludes halogenated alkanes) is 1. The van der Waals surface area contributed by atoms with Gasteiger partial charge in [-0.05, 0) is 67.4 Å². The van der Waals surface area contributed by atoms with Crippen LogP contribution in [0.5, 0.6) is 11.5 Å². The fourth-order valence-electron chi connectivity index (χ4n) is 4.65. The van der Waals surface area contributed by atoms with Gasteiger partial charge in [-0.3, -0.25) is 4.79 Å². The van der Waals surface area contributed by atoms with Gasteiger partial charge in [0.15, 0.2) is 0 Å².